The number of H-pyrrole nitrogens is 2. The molecule has 1 aromatic heterocycles. The summed E-state index contributed by atoms with van der Waals surface area (Å²) in [6, 6.07) is 0. The molecule has 0 amide bonds. The van der Waals surface area contributed by atoms with Crippen LogP contribution < -0.4 is 17.1 Å². The van der Waals surface area contributed by atoms with Gasteiger partial charge in [0.15, 0.2) is 0 Å². The summed E-state index contributed by atoms with van der Waals surface area (Å²) in [6.45, 7) is 1.75. The summed E-state index contributed by atoms with van der Waals surface area (Å²) < 4.78 is 10.7. The highest BCUT2D eigenvalue weighted by Crippen LogP contribution is 2.14. The Bertz CT molecular complexity index is 565. The van der Waals surface area contributed by atoms with Crippen molar-refractivity contribution in [3.05, 3.63) is 31.5 Å². The summed E-state index contributed by atoms with van der Waals surface area (Å²) in [5.74, 6) is 1.25. The van der Waals surface area contributed by atoms with Crippen molar-refractivity contribution in [3.63, 3.8) is 0 Å². The second-order valence-electron chi connectivity index (χ2n) is 4.49. The topological polar surface area (TPSA) is 113 Å². The molecular weight excluding hydrogens is 286 g/mol. The largest absolute Gasteiger partial charge is 0.373 e. The van der Waals surface area contributed by atoms with Gasteiger partial charge in [-0.2, -0.15) is 11.8 Å². The number of aromatic nitrogens is 3. The molecule has 0 radical (unpaired) electrons. The first-order chi connectivity index (χ1) is 9.60. The Morgan fingerprint density at radius 2 is 1.70 bits per heavy atom. The Morgan fingerprint density at radius 1 is 1.15 bits per heavy atom. The van der Waals surface area contributed by atoms with Gasteiger partial charge in [0.05, 0.1) is 32.0 Å². The van der Waals surface area contributed by atoms with Crippen molar-refractivity contribution in [2.75, 3.05) is 25.2 Å². The predicted octanol–water partition coefficient (Wildman–Crippen LogP) is -1.24. The zero-order valence-electron chi connectivity index (χ0n) is 11.1. The standard InChI is InChI=1S/C6H7N3O4.C5H10OS/c10-4-7-5(11)9(6(12)8-4)1-3-2-13-3;1-7-3-2-5-4-6-5/h3H,1-2H2,(H2,7,8,10,11,12);5H,2-4H2,1H3. The van der Waals surface area contributed by atoms with Crippen molar-refractivity contribution in [1.29, 1.82) is 0 Å². The fourth-order valence-corrected chi connectivity index (χ4v) is 1.98. The van der Waals surface area contributed by atoms with Gasteiger partial charge in [0.2, 0.25) is 0 Å². The Balaban J connectivity index is 0.000000178. The lowest BCUT2D eigenvalue weighted by molar-refractivity contribution is 0.373. The SMILES string of the molecule is CSCCC1CO1.O=c1[nH]c(=O)n(CC2CO2)c(=O)[nH]1. The van der Waals surface area contributed by atoms with Crippen LogP contribution in [0.1, 0.15) is 6.42 Å². The van der Waals surface area contributed by atoms with Gasteiger partial charge >= 0.3 is 17.1 Å². The van der Waals surface area contributed by atoms with Gasteiger partial charge in [0, 0.05) is 0 Å². The summed E-state index contributed by atoms with van der Waals surface area (Å²) in [6.07, 6.45) is 3.93. The second kappa shape index (κ2) is 6.91. The van der Waals surface area contributed by atoms with Crippen LogP contribution in [-0.4, -0.2) is 52.0 Å². The molecule has 2 aliphatic heterocycles. The number of epoxide rings is 2. The van der Waals surface area contributed by atoms with E-state index in [2.05, 4.69) is 6.26 Å². The number of hydrogen-bond donors (Lipinski definition) is 2. The minimum atomic E-state index is -0.789. The molecule has 8 nitrogen and oxygen atoms in total. The fourth-order valence-electron chi connectivity index (χ4n) is 1.48. The van der Waals surface area contributed by atoms with Crippen molar-refractivity contribution >= 4 is 11.8 Å². The minimum absolute atomic E-state index is 0.0790. The Kier molecular flexibility index (Phi) is 5.21. The molecule has 0 aliphatic carbocycles. The molecule has 112 valence electrons. The summed E-state index contributed by atoms with van der Waals surface area (Å²) in [5, 5.41) is 0. The summed E-state index contributed by atoms with van der Waals surface area (Å²) in [4.78, 5) is 36.6. The molecule has 2 atom stereocenters. The molecule has 2 unspecified atom stereocenters. The van der Waals surface area contributed by atoms with Gasteiger partial charge in [-0.3, -0.25) is 9.97 Å². The number of thioether (sulfide) groups is 1. The van der Waals surface area contributed by atoms with Gasteiger partial charge < -0.3 is 9.47 Å². The van der Waals surface area contributed by atoms with E-state index in [0.717, 1.165) is 11.2 Å². The summed E-state index contributed by atoms with van der Waals surface area (Å²) in [5.41, 5.74) is -2.20. The van der Waals surface area contributed by atoms with Crippen molar-refractivity contribution < 1.29 is 9.47 Å². The molecule has 0 saturated carbocycles. The van der Waals surface area contributed by atoms with E-state index >= 15 is 0 Å². The van der Waals surface area contributed by atoms with Crippen LogP contribution in [0.4, 0.5) is 0 Å². The highest BCUT2D eigenvalue weighted by molar-refractivity contribution is 7.98. The molecule has 2 saturated heterocycles. The fraction of sp³-hybridized carbons (Fsp3) is 0.727. The molecule has 3 heterocycles. The summed E-state index contributed by atoms with van der Waals surface area (Å²) >= 11 is 1.89. The van der Waals surface area contributed by atoms with Gasteiger partial charge in [-0.25, -0.2) is 19.0 Å². The van der Waals surface area contributed by atoms with Crippen LogP contribution in [0.5, 0.6) is 0 Å². The van der Waals surface area contributed by atoms with Crippen LogP contribution in [0.2, 0.25) is 0 Å². The van der Waals surface area contributed by atoms with Crippen molar-refractivity contribution in [2.24, 2.45) is 0 Å². The van der Waals surface area contributed by atoms with Crippen molar-refractivity contribution in [2.45, 2.75) is 25.2 Å². The Labute approximate surface area is 118 Å². The van der Waals surface area contributed by atoms with Gasteiger partial charge in [0.1, 0.15) is 0 Å². The average Bonchev–Trinajstić information content (AvgIpc) is 3.26. The third-order valence-corrected chi connectivity index (χ3v) is 3.41. The predicted molar refractivity (Wildman–Crippen MR) is 74.4 cm³/mol. The lowest BCUT2D eigenvalue weighted by Gasteiger charge is -1.97. The van der Waals surface area contributed by atoms with E-state index in [4.69, 9.17) is 9.47 Å². The molecule has 2 aliphatic rings. The summed E-state index contributed by atoms with van der Waals surface area (Å²) in [7, 11) is 0. The number of rotatable bonds is 5. The van der Waals surface area contributed by atoms with Gasteiger partial charge in [0.25, 0.3) is 0 Å². The van der Waals surface area contributed by atoms with E-state index in [1.165, 1.54) is 12.2 Å². The normalized spacial score (nSPS) is 22.9. The zero-order chi connectivity index (χ0) is 14.5. The van der Waals surface area contributed by atoms with Crippen molar-refractivity contribution in [3.8, 4) is 0 Å². The number of nitrogens with zero attached hydrogens (tertiary/aromatic N) is 1. The Morgan fingerprint density at radius 3 is 2.15 bits per heavy atom. The molecule has 0 spiro atoms. The molecular formula is C11H17N3O5S. The molecule has 9 heteroatoms. The van der Waals surface area contributed by atoms with Crippen LogP contribution in [0, 0.1) is 0 Å². The maximum absolute atomic E-state index is 11.1. The molecule has 0 bridgehead atoms. The smallest absolute Gasteiger partial charge is 0.333 e. The Hall–Kier alpha value is -1.32. The van der Waals surface area contributed by atoms with Gasteiger partial charge in [-0.05, 0) is 18.4 Å². The van der Waals surface area contributed by atoms with E-state index in [9.17, 15) is 14.4 Å². The van der Waals surface area contributed by atoms with Crippen LogP contribution in [-0.2, 0) is 16.0 Å². The first kappa shape index (κ1) is 15.1. The second-order valence-corrected chi connectivity index (χ2v) is 5.48. The first-order valence-electron chi connectivity index (χ1n) is 6.25. The molecule has 1 aromatic rings. The monoisotopic (exact) mass is 303 g/mol. The zero-order valence-corrected chi connectivity index (χ0v) is 11.9. The highest BCUT2D eigenvalue weighted by Gasteiger charge is 2.24. The number of nitrogens with one attached hydrogen (secondary N) is 2. The number of aromatic amines is 2. The van der Waals surface area contributed by atoms with E-state index in [1.54, 1.807) is 0 Å². The maximum atomic E-state index is 11.1. The van der Waals surface area contributed by atoms with Crippen LogP contribution in [0.25, 0.3) is 0 Å². The molecule has 20 heavy (non-hydrogen) atoms. The molecule has 0 aromatic carbocycles. The van der Waals surface area contributed by atoms with Crippen LogP contribution in [0.3, 0.4) is 0 Å². The third kappa shape index (κ3) is 4.99. The third-order valence-electron chi connectivity index (χ3n) is 2.77. The van der Waals surface area contributed by atoms with Crippen LogP contribution in [0.15, 0.2) is 14.4 Å². The minimum Gasteiger partial charge on any atom is -0.373 e. The van der Waals surface area contributed by atoms with E-state index in [0.29, 0.717) is 12.7 Å². The number of ether oxygens (including phenoxy) is 2. The highest BCUT2D eigenvalue weighted by atomic mass is 32.2. The van der Waals surface area contributed by atoms with E-state index in [1.807, 2.05) is 21.7 Å². The van der Waals surface area contributed by atoms with E-state index in [-0.39, 0.29) is 12.6 Å². The lowest BCUT2D eigenvalue weighted by atomic mass is 10.4. The molecule has 3 rings (SSSR count). The maximum Gasteiger partial charge on any atom is 0.333 e. The lowest BCUT2D eigenvalue weighted by Crippen LogP contribution is -2.44. The average molecular weight is 303 g/mol. The molecule has 2 fully saturated rings. The van der Waals surface area contributed by atoms with E-state index < -0.39 is 17.1 Å². The first-order valence-corrected chi connectivity index (χ1v) is 7.65. The molecule has 2 N–H and O–H groups in total. The van der Waals surface area contributed by atoms with Gasteiger partial charge in [-0.15, -0.1) is 0 Å². The van der Waals surface area contributed by atoms with Crippen LogP contribution >= 0.6 is 11.8 Å². The number of hydrogen-bond acceptors (Lipinski definition) is 6. The van der Waals surface area contributed by atoms with Crippen molar-refractivity contribution in [1.82, 2.24) is 14.5 Å². The quantitative estimate of drug-likeness (QED) is 0.658. The van der Waals surface area contributed by atoms with Gasteiger partial charge in [-0.1, -0.05) is 0 Å².